The monoisotopic (exact) mass is 429 g/mol. The zero-order valence-electron chi connectivity index (χ0n) is 10.4. The molecule has 0 aliphatic rings. The van der Waals surface area contributed by atoms with E-state index in [-0.39, 0.29) is 5.91 Å². The number of nitrogens with one attached hydrogen (secondary N) is 1. The molecule has 98 valence electrons. The van der Waals surface area contributed by atoms with Gasteiger partial charge in [-0.1, -0.05) is 40.2 Å². The molecule has 0 heterocycles. The number of carbonyl (C=O) groups excluding carboxylic acids is 1. The van der Waals surface area contributed by atoms with E-state index in [0.717, 1.165) is 25.7 Å². The van der Waals surface area contributed by atoms with Gasteiger partial charge in [-0.15, -0.1) is 0 Å². The first-order valence-electron chi connectivity index (χ1n) is 5.83. The van der Waals surface area contributed by atoms with Crippen LogP contribution in [0.5, 0.6) is 0 Å². The Balaban J connectivity index is 2.23. The van der Waals surface area contributed by atoms with Crippen molar-refractivity contribution in [2.45, 2.75) is 12.3 Å². The van der Waals surface area contributed by atoms with E-state index in [1.165, 1.54) is 0 Å². The van der Waals surface area contributed by atoms with Crippen molar-refractivity contribution in [1.29, 1.82) is 0 Å². The normalized spacial score (nSPS) is 10.3. The van der Waals surface area contributed by atoms with Crippen LogP contribution in [-0.2, 0) is 5.33 Å². The predicted molar refractivity (Wildman–Crippen MR) is 90.9 cm³/mol. The van der Waals surface area contributed by atoms with Crippen LogP contribution >= 0.6 is 38.5 Å². The lowest BCUT2D eigenvalue weighted by atomic mass is 10.1. The minimum atomic E-state index is -0.0696. The summed E-state index contributed by atoms with van der Waals surface area (Å²) in [6.07, 6.45) is 0. The van der Waals surface area contributed by atoms with E-state index < -0.39 is 0 Å². The van der Waals surface area contributed by atoms with Crippen molar-refractivity contribution >= 4 is 50.1 Å². The first kappa shape index (κ1) is 14.5. The van der Waals surface area contributed by atoms with Gasteiger partial charge in [0.25, 0.3) is 5.91 Å². The Bertz CT molecular complexity index is 613. The van der Waals surface area contributed by atoms with Crippen molar-refractivity contribution in [3.63, 3.8) is 0 Å². The van der Waals surface area contributed by atoms with E-state index in [1.54, 1.807) is 0 Å². The van der Waals surface area contributed by atoms with E-state index in [1.807, 2.05) is 49.4 Å². The maximum absolute atomic E-state index is 12.3. The molecule has 1 N–H and O–H groups in total. The second-order valence-corrected chi connectivity index (χ2v) is 5.86. The number of hydrogen-bond acceptors (Lipinski definition) is 1. The Morgan fingerprint density at radius 1 is 1.26 bits per heavy atom. The summed E-state index contributed by atoms with van der Waals surface area (Å²) in [7, 11) is 0. The molecule has 0 spiro atoms. The van der Waals surface area contributed by atoms with Gasteiger partial charge in [0, 0.05) is 14.6 Å². The molecule has 0 aliphatic heterocycles. The number of amides is 1. The summed E-state index contributed by atoms with van der Waals surface area (Å²) < 4.78 is 0.995. The third-order valence-electron chi connectivity index (χ3n) is 2.78. The molecule has 0 unspecified atom stereocenters. The molecule has 0 atom stereocenters. The molecule has 0 radical (unpaired) electrons. The van der Waals surface area contributed by atoms with Crippen LogP contribution in [0.1, 0.15) is 21.5 Å². The fourth-order valence-corrected chi connectivity index (χ4v) is 2.71. The average Bonchev–Trinajstić information content (AvgIpc) is 2.42. The maximum atomic E-state index is 12.3. The molecule has 0 bridgehead atoms. The molecule has 2 aromatic rings. The van der Waals surface area contributed by atoms with Crippen LogP contribution in [0.15, 0.2) is 42.5 Å². The van der Waals surface area contributed by atoms with Crippen LogP contribution in [0.2, 0.25) is 0 Å². The molecule has 0 saturated heterocycles. The molecule has 2 rings (SSSR count). The molecular formula is C15H13BrINO. The number of hydrogen-bond donors (Lipinski definition) is 1. The molecular weight excluding hydrogens is 417 g/mol. The summed E-state index contributed by atoms with van der Waals surface area (Å²) in [6, 6.07) is 13.6. The minimum Gasteiger partial charge on any atom is -0.322 e. The largest absolute Gasteiger partial charge is 0.322 e. The van der Waals surface area contributed by atoms with Gasteiger partial charge in [-0.2, -0.15) is 0 Å². The SMILES string of the molecule is Cc1cccc(C(=O)Nc2cccc(CBr)c2)c1I. The lowest BCUT2D eigenvalue weighted by Crippen LogP contribution is -2.14. The van der Waals surface area contributed by atoms with Crippen molar-refractivity contribution in [2.75, 3.05) is 5.32 Å². The first-order chi connectivity index (χ1) is 9.11. The lowest BCUT2D eigenvalue weighted by molar-refractivity contribution is 0.102. The van der Waals surface area contributed by atoms with Crippen LogP contribution in [0.25, 0.3) is 0 Å². The van der Waals surface area contributed by atoms with E-state index in [4.69, 9.17) is 0 Å². The Labute approximate surface area is 134 Å². The van der Waals surface area contributed by atoms with E-state index in [2.05, 4.69) is 43.8 Å². The van der Waals surface area contributed by atoms with E-state index in [9.17, 15) is 4.79 Å². The molecule has 0 aliphatic carbocycles. The van der Waals surface area contributed by atoms with Crippen molar-refractivity contribution in [3.05, 3.63) is 62.7 Å². The van der Waals surface area contributed by atoms with Gasteiger partial charge in [0.2, 0.25) is 0 Å². The molecule has 0 saturated carbocycles. The Kier molecular flexibility index (Phi) is 4.99. The van der Waals surface area contributed by atoms with Gasteiger partial charge in [-0.05, 0) is 58.8 Å². The van der Waals surface area contributed by atoms with Crippen molar-refractivity contribution < 1.29 is 4.79 Å². The number of rotatable bonds is 3. The Hall–Kier alpha value is -0.880. The number of halogens is 2. The fourth-order valence-electron chi connectivity index (χ4n) is 1.75. The standard InChI is InChI=1S/C15H13BrINO/c1-10-4-2-7-13(14(10)17)15(19)18-12-6-3-5-11(8-12)9-16/h2-8H,9H2,1H3,(H,18,19). The van der Waals surface area contributed by atoms with Gasteiger partial charge in [-0.25, -0.2) is 0 Å². The highest BCUT2D eigenvalue weighted by atomic mass is 127. The summed E-state index contributed by atoms with van der Waals surface area (Å²) in [4.78, 5) is 12.3. The molecule has 1 amide bonds. The second-order valence-electron chi connectivity index (χ2n) is 4.22. The van der Waals surface area contributed by atoms with Crippen LogP contribution in [-0.4, -0.2) is 5.91 Å². The number of carbonyl (C=O) groups is 1. The second kappa shape index (κ2) is 6.52. The lowest BCUT2D eigenvalue weighted by Gasteiger charge is -2.09. The third-order valence-corrected chi connectivity index (χ3v) is 4.85. The van der Waals surface area contributed by atoms with E-state index in [0.29, 0.717) is 5.56 Å². The van der Waals surface area contributed by atoms with Gasteiger partial charge < -0.3 is 5.32 Å². The highest BCUT2D eigenvalue weighted by Gasteiger charge is 2.11. The molecule has 19 heavy (non-hydrogen) atoms. The minimum absolute atomic E-state index is 0.0696. The molecule has 0 fully saturated rings. The summed E-state index contributed by atoms with van der Waals surface area (Å²) in [5.74, 6) is -0.0696. The molecule has 4 heteroatoms. The highest BCUT2D eigenvalue weighted by Crippen LogP contribution is 2.19. The van der Waals surface area contributed by atoms with Crippen molar-refractivity contribution in [2.24, 2.45) is 0 Å². The number of alkyl halides is 1. The van der Waals surface area contributed by atoms with Gasteiger partial charge in [0.15, 0.2) is 0 Å². The topological polar surface area (TPSA) is 29.1 Å². The zero-order chi connectivity index (χ0) is 13.8. The summed E-state index contributed by atoms with van der Waals surface area (Å²) in [5.41, 5.74) is 3.78. The smallest absolute Gasteiger partial charge is 0.256 e. The van der Waals surface area contributed by atoms with Gasteiger partial charge in [0.1, 0.15) is 0 Å². The number of aryl methyl sites for hydroxylation is 1. The van der Waals surface area contributed by atoms with Crippen molar-refractivity contribution in [3.8, 4) is 0 Å². The van der Waals surface area contributed by atoms with Crippen LogP contribution in [0, 0.1) is 10.5 Å². The number of anilines is 1. The number of benzene rings is 2. The average molecular weight is 430 g/mol. The fraction of sp³-hybridized carbons (Fsp3) is 0.133. The Morgan fingerprint density at radius 2 is 2.00 bits per heavy atom. The predicted octanol–water partition coefficient (Wildman–Crippen LogP) is 4.75. The highest BCUT2D eigenvalue weighted by molar-refractivity contribution is 14.1. The summed E-state index contributed by atoms with van der Waals surface area (Å²) >= 11 is 5.62. The van der Waals surface area contributed by atoms with E-state index >= 15 is 0 Å². The quantitative estimate of drug-likeness (QED) is 0.553. The van der Waals surface area contributed by atoms with Gasteiger partial charge in [-0.3, -0.25) is 4.79 Å². The van der Waals surface area contributed by atoms with Crippen molar-refractivity contribution in [1.82, 2.24) is 0 Å². The summed E-state index contributed by atoms with van der Waals surface area (Å²) in [6.45, 7) is 2.00. The third kappa shape index (κ3) is 3.57. The van der Waals surface area contributed by atoms with Gasteiger partial charge in [0.05, 0.1) is 5.56 Å². The molecule has 2 nitrogen and oxygen atoms in total. The zero-order valence-corrected chi connectivity index (χ0v) is 14.2. The molecule has 0 aromatic heterocycles. The van der Waals surface area contributed by atoms with Crippen LogP contribution in [0.4, 0.5) is 5.69 Å². The Morgan fingerprint density at radius 3 is 2.74 bits per heavy atom. The van der Waals surface area contributed by atoms with Crippen LogP contribution < -0.4 is 5.32 Å². The van der Waals surface area contributed by atoms with Crippen LogP contribution in [0.3, 0.4) is 0 Å². The van der Waals surface area contributed by atoms with Gasteiger partial charge >= 0.3 is 0 Å². The maximum Gasteiger partial charge on any atom is 0.256 e. The molecule has 2 aromatic carbocycles. The summed E-state index contributed by atoms with van der Waals surface area (Å²) in [5, 5.41) is 3.71. The first-order valence-corrected chi connectivity index (χ1v) is 8.03.